The SMILES string of the molecule is Cc1ccc(C)c(Nc2cc(OC(F)F)c(F)cc2N)c1. The van der Waals surface area contributed by atoms with E-state index < -0.39 is 18.2 Å². The van der Waals surface area contributed by atoms with Crippen molar-refractivity contribution in [1.29, 1.82) is 0 Å². The largest absolute Gasteiger partial charge is 0.432 e. The maximum atomic E-state index is 13.5. The number of hydrogen-bond donors (Lipinski definition) is 2. The molecule has 0 saturated heterocycles. The fourth-order valence-corrected chi connectivity index (χ4v) is 1.88. The Hall–Kier alpha value is -2.37. The van der Waals surface area contributed by atoms with Crippen molar-refractivity contribution < 1.29 is 17.9 Å². The molecular formula is C15H15F3N2O. The maximum Gasteiger partial charge on any atom is 0.387 e. The van der Waals surface area contributed by atoms with Crippen LogP contribution in [0.3, 0.4) is 0 Å². The van der Waals surface area contributed by atoms with E-state index in [1.807, 2.05) is 32.0 Å². The van der Waals surface area contributed by atoms with E-state index in [0.717, 1.165) is 28.9 Å². The predicted octanol–water partition coefficient (Wildman–Crippen LogP) is 4.37. The molecule has 2 aromatic rings. The number of nitrogen functional groups attached to an aromatic ring is 1. The van der Waals surface area contributed by atoms with Gasteiger partial charge in [-0.1, -0.05) is 12.1 Å². The van der Waals surface area contributed by atoms with Gasteiger partial charge in [-0.3, -0.25) is 0 Å². The minimum Gasteiger partial charge on any atom is -0.432 e. The van der Waals surface area contributed by atoms with Crippen LogP contribution in [0.4, 0.5) is 30.2 Å². The van der Waals surface area contributed by atoms with Crippen LogP contribution >= 0.6 is 0 Å². The number of nitrogens with two attached hydrogens (primary N) is 1. The molecule has 2 rings (SSSR count). The van der Waals surface area contributed by atoms with E-state index in [0.29, 0.717) is 5.69 Å². The number of rotatable bonds is 4. The summed E-state index contributed by atoms with van der Waals surface area (Å²) in [4.78, 5) is 0. The first-order chi connectivity index (χ1) is 9.86. The van der Waals surface area contributed by atoms with Crippen molar-refractivity contribution in [2.24, 2.45) is 0 Å². The Morgan fingerprint density at radius 2 is 1.81 bits per heavy atom. The lowest BCUT2D eigenvalue weighted by Crippen LogP contribution is -2.06. The molecule has 0 saturated carbocycles. The van der Waals surface area contributed by atoms with Crippen LogP contribution in [-0.2, 0) is 0 Å². The van der Waals surface area contributed by atoms with Gasteiger partial charge in [0.15, 0.2) is 11.6 Å². The second-order valence-corrected chi connectivity index (χ2v) is 4.69. The molecule has 0 amide bonds. The summed E-state index contributed by atoms with van der Waals surface area (Å²) in [7, 11) is 0. The number of ether oxygens (including phenoxy) is 1. The first-order valence-corrected chi connectivity index (χ1v) is 6.25. The Balaban J connectivity index is 2.37. The zero-order valence-electron chi connectivity index (χ0n) is 11.6. The summed E-state index contributed by atoms with van der Waals surface area (Å²) in [5.74, 6) is -1.48. The molecule has 0 fully saturated rings. The van der Waals surface area contributed by atoms with Gasteiger partial charge in [0, 0.05) is 17.8 Å². The fourth-order valence-electron chi connectivity index (χ4n) is 1.88. The Morgan fingerprint density at radius 3 is 2.48 bits per heavy atom. The summed E-state index contributed by atoms with van der Waals surface area (Å²) in [5.41, 5.74) is 8.85. The number of halogens is 3. The Kier molecular flexibility index (Phi) is 4.26. The highest BCUT2D eigenvalue weighted by atomic mass is 19.3. The van der Waals surface area contributed by atoms with Gasteiger partial charge in [-0.05, 0) is 31.0 Å². The van der Waals surface area contributed by atoms with Crippen LogP contribution in [0.15, 0.2) is 30.3 Å². The minimum absolute atomic E-state index is 0.107. The average molecular weight is 296 g/mol. The molecule has 2 aromatic carbocycles. The lowest BCUT2D eigenvalue weighted by molar-refractivity contribution is -0.0521. The molecule has 0 bridgehead atoms. The monoisotopic (exact) mass is 296 g/mol. The molecule has 21 heavy (non-hydrogen) atoms. The molecule has 3 N–H and O–H groups in total. The van der Waals surface area contributed by atoms with Gasteiger partial charge in [0.2, 0.25) is 0 Å². The van der Waals surface area contributed by atoms with Crippen LogP contribution in [0.25, 0.3) is 0 Å². The van der Waals surface area contributed by atoms with Gasteiger partial charge in [0.05, 0.1) is 11.4 Å². The third-order valence-electron chi connectivity index (χ3n) is 2.98. The number of benzene rings is 2. The van der Waals surface area contributed by atoms with Crippen molar-refractivity contribution in [3.05, 3.63) is 47.3 Å². The molecule has 0 spiro atoms. The summed E-state index contributed by atoms with van der Waals surface area (Å²) >= 11 is 0. The Morgan fingerprint density at radius 1 is 1.10 bits per heavy atom. The van der Waals surface area contributed by atoms with Gasteiger partial charge in [0.1, 0.15) is 0 Å². The predicted molar refractivity (Wildman–Crippen MR) is 76.6 cm³/mol. The zero-order chi connectivity index (χ0) is 15.6. The highest BCUT2D eigenvalue weighted by molar-refractivity contribution is 5.75. The third-order valence-corrected chi connectivity index (χ3v) is 2.98. The summed E-state index contributed by atoms with van der Waals surface area (Å²) < 4.78 is 42.1. The van der Waals surface area contributed by atoms with Crippen molar-refractivity contribution in [3.8, 4) is 5.75 Å². The van der Waals surface area contributed by atoms with Crippen molar-refractivity contribution in [2.75, 3.05) is 11.1 Å². The van der Waals surface area contributed by atoms with E-state index >= 15 is 0 Å². The van der Waals surface area contributed by atoms with Gasteiger partial charge < -0.3 is 15.8 Å². The lowest BCUT2D eigenvalue weighted by Gasteiger charge is -2.15. The van der Waals surface area contributed by atoms with E-state index in [2.05, 4.69) is 10.1 Å². The first kappa shape index (κ1) is 15.0. The van der Waals surface area contributed by atoms with Crippen LogP contribution in [0.2, 0.25) is 0 Å². The standard InChI is InChI=1S/C15H15F3N2O/c1-8-3-4-9(2)12(5-8)20-13-7-14(21-15(17)18)10(16)6-11(13)19/h3-7,15,20H,19H2,1-2H3. The van der Waals surface area contributed by atoms with Crippen LogP contribution in [0.5, 0.6) is 5.75 Å². The van der Waals surface area contributed by atoms with Gasteiger partial charge in [-0.15, -0.1) is 0 Å². The first-order valence-electron chi connectivity index (χ1n) is 6.25. The number of hydrogen-bond acceptors (Lipinski definition) is 3. The van der Waals surface area contributed by atoms with Crippen molar-refractivity contribution >= 4 is 17.1 Å². The van der Waals surface area contributed by atoms with Crippen LogP contribution in [-0.4, -0.2) is 6.61 Å². The van der Waals surface area contributed by atoms with Gasteiger partial charge in [-0.25, -0.2) is 4.39 Å². The van der Waals surface area contributed by atoms with E-state index in [1.54, 1.807) is 0 Å². The quantitative estimate of drug-likeness (QED) is 0.824. The number of aryl methyl sites for hydroxylation is 2. The van der Waals surface area contributed by atoms with Gasteiger partial charge in [-0.2, -0.15) is 8.78 Å². The Labute approximate surface area is 120 Å². The zero-order valence-corrected chi connectivity index (χ0v) is 11.6. The van der Waals surface area contributed by atoms with Gasteiger partial charge >= 0.3 is 6.61 Å². The van der Waals surface area contributed by atoms with Crippen LogP contribution in [0, 0.1) is 19.7 Å². The molecule has 0 aliphatic heterocycles. The fraction of sp³-hybridized carbons (Fsp3) is 0.200. The highest BCUT2D eigenvalue weighted by Crippen LogP contribution is 2.32. The molecule has 0 aromatic heterocycles. The topological polar surface area (TPSA) is 47.3 Å². The molecule has 6 heteroatoms. The van der Waals surface area contributed by atoms with E-state index in [4.69, 9.17) is 5.73 Å². The second-order valence-electron chi connectivity index (χ2n) is 4.69. The third kappa shape index (κ3) is 3.59. The summed E-state index contributed by atoms with van der Waals surface area (Å²) in [6.45, 7) is 0.707. The molecule has 0 atom stereocenters. The molecule has 0 aliphatic rings. The minimum atomic E-state index is -3.10. The molecule has 0 unspecified atom stereocenters. The average Bonchev–Trinajstić information content (AvgIpc) is 2.39. The van der Waals surface area contributed by atoms with Gasteiger partial charge in [0.25, 0.3) is 0 Å². The molecule has 112 valence electrons. The van der Waals surface area contributed by atoms with Crippen molar-refractivity contribution in [2.45, 2.75) is 20.5 Å². The number of nitrogens with one attached hydrogen (secondary N) is 1. The highest BCUT2D eigenvalue weighted by Gasteiger charge is 2.14. The summed E-state index contributed by atoms with van der Waals surface area (Å²) in [6, 6.07) is 7.81. The normalized spacial score (nSPS) is 10.8. The smallest absolute Gasteiger partial charge is 0.387 e. The number of alkyl halides is 2. The molecule has 3 nitrogen and oxygen atoms in total. The second kappa shape index (κ2) is 5.95. The van der Waals surface area contributed by atoms with Crippen LogP contribution < -0.4 is 15.8 Å². The molecule has 0 heterocycles. The molecule has 0 aliphatic carbocycles. The molecule has 0 radical (unpaired) electrons. The number of anilines is 3. The summed E-state index contributed by atoms with van der Waals surface area (Å²) in [5, 5.41) is 3.01. The lowest BCUT2D eigenvalue weighted by atomic mass is 10.1. The van der Waals surface area contributed by atoms with E-state index in [1.165, 1.54) is 0 Å². The van der Waals surface area contributed by atoms with E-state index in [9.17, 15) is 13.2 Å². The van der Waals surface area contributed by atoms with E-state index in [-0.39, 0.29) is 5.69 Å². The molecular weight excluding hydrogens is 281 g/mol. The van der Waals surface area contributed by atoms with Crippen molar-refractivity contribution in [1.82, 2.24) is 0 Å². The van der Waals surface area contributed by atoms with Crippen LogP contribution in [0.1, 0.15) is 11.1 Å². The maximum absolute atomic E-state index is 13.5. The Bertz CT molecular complexity index is 660. The summed E-state index contributed by atoms with van der Waals surface area (Å²) in [6.07, 6.45) is 0. The van der Waals surface area contributed by atoms with Crippen molar-refractivity contribution in [3.63, 3.8) is 0 Å².